The van der Waals surface area contributed by atoms with Gasteiger partial charge in [-0.25, -0.2) is 0 Å². The van der Waals surface area contributed by atoms with E-state index in [0.29, 0.717) is 12.6 Å². The molecule has 0 radical (unpaired) electrons. The highest BCUT2D eigenvalue weighted by Gasteiger charge is 2.22. The zero-order chi connectivity index (χ0) is 13.8. The number of likely N-dealkylation sites (N-methyl/N-ethyl adjacent to an activating group) is 1. The molecule has 2 aromatic carbocycles. The third-order valence-corrected chi connectivity index (χ3v) is 4.09. The van der Waals surface area contributed by atoms with Gasteiger partial charge in [0.15, 0.2) is 0 Å². The van der Waals surface area contributed by atoms with E-state index in [2.05, 4.69) is 60.5 Å². The van der Waals surface area contributed by atoms with E-state index in [1.54, 1.807) is 0 Å². The maximum atomic E-state index is 5.90. The minimum absolute atomic E-state index is 0.480. The van der Waals surface area contributed by atoms with Crippen LogP contribution in [-0.4, -0.2) is 19.7 Å². The SMILES string of the molecule is CN1c2ccccc2CC[C@@H]1COCc1ccccc1. The second-order valence-electron chi connectivity index (χ2n) is 5.43. The zero-order valence-corrected chi connectivity index (χ0v) is 12.0. The Kier molecular flexibility index (Phi) is 4.03. The molecule has 104 valence electrons. The number of hydrogen-bond donors (Lipinski definition) is 0. The van der Waals surface area contributed by atoms with Crippen molar-refractivity contribution in [2.75, 3.05) is 18.6 Å². The maximum Gasteiger partial charge on any atom is 0.0717 e. The summed E-state index contributed by atoms with van der Waals surface area (Å²) < 4.78 is 5.90. The summed E-state index contributed by atoms with van der Waals surface area (Å²) in [5, 5.41) is 0. The second-order valence-corrected chi connectivity index (χ2v) is 5.43. The highest BCUT2D eigenvalue weighted by atomic mass is 16.5. The summed E-state index contributed by atoms with van der Waals surface area (Å²) in [6.07, 6.45) is 2.32. The van der Waals surface area contributed by atoms with Gasteiger partial charge in [-0.2, -0.15) is 0 Å². The summed E-state index contributed by atoms with van der Waals surface area (Å²) in [4.78, 5) is 2.36. The topological polar surface area (TPSA) is 12.5 Å². The molecule has 3 rings (SSSR count). The van der Waals surface area contributed by atoms with Gasteiger partial charge < -0.3 is 9.64 Å². The second kappa shape index (κ2) is 6.10. The Labute approximate surface area is 121 Å². The van der Waals surface area contributed by atoms with E-state index in [9.17, 15) is 0 Å². The summed E-state index contributed by atoms with van der Waals surface area (Å²) >= 11 is 0. The predicted molar refractivity (Wildman–Crippen MR) is 83.1 cm³/mol. The van der Waals surface area contributed by atoms with Gasteiger partial charge in [0.25, 0.3) is 0 Å². The fraction of sp³-hybridized carbons (Fsp3) is 0.333. The maximum absolute atomic E-state index is 5.90. The first-order valence-corrected chi connectivity index (χ1v) is 7.27. The number of anilines is 1. The van der Waals surface area contributed by atoms with Gasteiger partial charge >= 0.3 is 0 Å². The van der Waals surface area contributed by atoms with Crippen molar-refractivity contribution in [2.24, 2.45) is 0 Å². The first kappa shape index (κ1) is 13.2. The first-order chi connectivity index (χ1) is 9.84. The zero-order valence-electron chi connectivity index (χ0n) is 12.0. The molecule has 0 N–H and O–H groups in total. The van der Waals surface area contributed by atoms with Gasteiger partial charge in [-0.3, -0.25) is 0 Å². The Morgan fingerprint density at radius 3 is 2.65 bits per heavy atom. The van der Waals surface area contributed by atoms with Crippen LogP contribution in [0.2, 0.25) is 0 Å². The van der Waals surface area contributed by atoms with Crippen molar-refractivity contribution in [1.82, 2.24) is 0 Å². The molecule has 0 amide bonds. The largest absolute Gasteiger partial charge is 0.375 e. The van der Waals surface area contributed by atoms with Crippen molar-refractivity contribution in [2.45, 2.75) is 25.5 Å². The predicted octanol–water partition coefficient (Wildman–Crippen LogP) is 3.65. The minimum atomic E-state index is 0.480. The molecule has 1 aliphatic heterocycles. The Morgan fingerprint density at radius 2 is 1.80 bits per heavy atom. The van der Waals surface area contributed by atoms with Crippen LogP contribution in [0, 0.1) is 0 Å². The van der Waals surface area contributed by atoms with Gasteiger partial charge in [0.2, 0.25) is 0 Å². The molecule has 0 aromatic heterocycles. The first-order valence-electron chi connectivity index (χ1n) is 7.27. The fourth-order valence-corrected chi connectivity index (χ4v) is 2.86. The van der Waals surface area contributed by atoms with Crippen LogP contribution in [0.4, 0.5) is 5.69 Å². The number of rotatable bonds is 4. The molecule has 20 heavy (non-hydrogen) atoms. The number of ether oxygens (including phenoxy) is 1. The molecule has 0 unspecified atom stereocenters. The van der Waals surface area contributed by atoms with Crippen molar-refractivity contribution in [3.05, 3.63) is 65.7 Å². The van der Waals surface area contributed by atoms with E-state index in [-0.39, 0.29) is 0 Å². The van der Waals surface area contributed by atoms with Crippen molar-refractivity contribution >= 4 is 5.69 Å². The van der Waals surface area contributed by atoms with Gasteiger partial charge in [-0.15, -0.1) is 0 Å². The molecule has 0 aliphatic carbocycles. The van der Waals surface area contributed by atoms with Crippen LogP contribution in [-0.2, 0) is 17.8 Å². The van der Waals surface area contributed by atoms with Gasteiger partial charge in [-0.1, -0.05) is 48.5 Å². The monoisotopic (exact) mass is 267 g/mol. The lowest BCUT2D eigenvalue weighted by atomic mass is 9.97. The Hall–Kier alpha value is -1.80. The molecule has 0 fully saturated rings. The molecular weight excluding hydrogens is 246 g/mol. The minimum Gasteiger partial charge on any atom is -0.375 e. The van der Waals surface area contributed by atoms with E-state index in [1.165, 1.54) is 23.2 Å². The summed E-state index contributed by atoms with van der Waals surface area (Å²) in [7, 11) is 2.18. The van der Waals surface area contributed by atoms with Crippen LogP contribution in [0.5, 0.6) is 0 Å². The third kappa shape index (κ3) is 2.86. The lowest BCUT2D eigenvalue weighted by Crippen LogP contribution is -2.39. The van der Waals surface area contributed by atoms with Gasteiger partial charge in [-0.05, 0) is 30.0 Å². The van der Waals surface area contributed by atoms with E-state index >= 15 is 0 Å². The molecule has 2 heteroatoms. The molecule has 0 saturated heterocycles. The Morgan fingerprint density at radius 1 is 1.05 bits per heavy atom. The van der Waals surface area contributed by atoms with Gasteiger partial charge in [0.1, 0.15) is 0 Å². The highest BCUT2D eigenvalue weighted by Crippen LogP contribution is 2.29. The molecule has 1 heterocycles. The number of benzene rings is 2. The fourth-order valence-electron chi connectivity index (χ4n) is 2.86. The van der Waals surface area contributed by atoms with E-state index in [1.807, 2.05) is 6.07 Å². The van der Waals surface area contributed by atoms with Crippen LogP contribution in [0.1, 0.15) is 17.5 Å². The van der Waals surface area contributed by atoms with Crippen molar-refractivity contribution in [3.63, 3.8) is 0 Å². The van der Waals surface area contributed by atoms with E-state index in [4.69, 9.17) is 4.74 Å². The summed E-state index contributed by atoms with van der Waals surface area (Å²) in [6.45, 7) is 1.49. The van der Waals surface area contributed by atoms with Crippen LogP contribution >= 0.6 is 0 Å². The van der Waals surface area contributed by atoms with Crippen molar-refractivity contribution in [3.8, 4) is 0 Å². The van der Waals surface area contributed by atoms with Crippen molar-refractivity contribution in [1.29, 1.82) is 0 Å². The number of fused-ring (bicyclic) bond motifs is 1. The lowest BCUT2D eigenvalue weighted by molar-refractivity contribution is 0.104. The average molecular weight is 267 g/mol. The quantitative estimate of drug-likeness (QED) is 0.838. The summed E-state index contributed by atoms with van der Waals surface area (Å²) in [6, 6.07) is 19.5. The van der Waals surface area contributed by atoms with Crippen LogP contribution in [0.3, 0.4) is 0 Å². The number of para-hydroxylation sites is 1. The molecule has 2 nitrogen and oxygen atoms in total. The Balaban J connectivity index is 1.57. The number of hydrogen-bond acceptors (Lipinski definition) is 2. The lowest BCUT2D eigenvalue weighted by Gasteiger charge is -2.35. The molecule has 0 spiro atoms. The average Bonchev–Trinajstić information content (AvgIpc) is 2.51. The number of aryl methyl sites for hydroxylation is 1. The van der Waals surface area contributed by atoms with Crippen LogP contribution in [0.15, 0.2) is 54.6 Å². The molecule has 1 aliphatic rings. The Bertz CT molecular complexity index is 552. The number of nitrogens with zero attached hydrogens (tertiary/aromatic N) is 1. The molecule has 0 bridgehead atoms. The highest BCUT2D eigenvalue weighted by molar-refractivity contribution is 5.55. The standard InChI is InChI=1S/C18H21NO/c1-19-17(12-11-16-9-5-6-10-18(16)19)14-20-13-15-7-3-2-4-8-15/h2-10,17H,11-14H2,1H3/t17-/m1/s1. The molecule has 2 aromatic rings. The third-order valence-electron chi connectivity index (χ3n) is 4.09. The van der Waals surface area contributed by atoms with Gasteiger partial charge in [0, 0.05) is 12.7 Å². The van der Waals surface area contributed by atoms with Gasteiger partial charge in [0.05, 0.1) is 19.3 Å². The van der Waals surface area contributed by atoms with Crippen LogP contribution < -0.4 is 4.90 Å². The van der Waals surface area contributed by atoms with Crippen molar-refractivity contribution < 1.29 is 4.74 Å². The summed E-state index contributed by atoms with van der Waals surface area (Å²) in [5.74, 6) is 0. The molecular formula is C18H21NO. The molecule has 0 saturated carbocycles. The van der Waals surface area contributed by atoms with E-state index in [0.717, 1.165) is 13.0 Å². The van der Waals surface area contributed by atoms with E-state index < -0.39 is 0 Å². The van der Waals surface area contributed by atoms with Crippen LogP contribution in [0.25, 0.3) is 0 Å². The summed E-state index contributed by atoms with van der Waals surface area (Å²) in [5.41, 5.74) is 4.05. The molecule has 1 atom stereocenters. The normalized spacial score (nSPS) is 17.9. The smallest absolute Gasteiger partial charge is 0.0717 e.